The molecular weight excluding hydrogens is 208 g/mol. The van der Waals surface area contributed by atoms with Crippen LogP contribution in [0.5, 0.6) is 0 Å². The molecule has 0 saturated carbocycles. The van der Waals surface area contributed by atoms with Crippen molar-refractivity contribution in [1.29, 1.82) is 0 Å². The summed E-state index contributed by atoms with van der Waals surface area (Å²) in [7, 11) is 0. The molecule has 0 aliphatic carbocycles. The van der Waals surface area contributed by atoms with Gasteiger partial charge in [-0.05, 0) is 19.1 Å². The van der Waals surface area contributed by atoms with E-state index in [9.17, 15) is 4.79 Å². The van der Waals surface area contributed by atoms with Gasteiger partial charge in [-0.25, -0.2) is 9.97 Å². The molecule has 0 unspecified atom stereocenters. The van der Waals surface area contributed by atoms with Gasteiger partial charge < -0.3 is 0 Å². The highest BCUT2D eigenvalue weighted by molar-refractivity contribution is 7.99. The number of hydrogen-bond acceptors (Lipinski definition) is 4. The Morgan fingerprint density at radius 1 is 1.53 bits per heavy atom. The molecule has 0 aromatic carbocycles. The van der Waals surface area contributed by atoms with E-state index in [-0.39, 0.29) is 5.78 Å². The molecule has 0 saturated heterocycles. The first-order valence-electron chi connectivity index (χ1n) is 4.95. The molecular formula is C11H16N2OS. The molecule has 0 spiro atoms. The minimum atomic E-state index is 0.0237. The molecule has 0 aliphatic heterocycles. The highest BCUT2D eigenvalue weighted by Crippen LogP contribution is 2.15. The number of nitrogens with zero attached hydrogens (tertiary/aromatic N) is 2. The lowest BCUT2D eigenvalue weighted by molar-refractivity contribution is 0.101. The predicted molar refractivity (Wildman–Crippen MR) is 63.2 cm³/mol. The number of thioether (sulfide) groups is 1. The molecule has 1 heterocycles. The second-order valence-corrected chi connectivity index (χ2v) is 5.27. The van der Waals surface area contributed by atoms with Crippen LogP contribution in [-0.4, -0.2) is 21.0 Å². The van der Waals surface area contributed by atoms with E-state index in [4.69, 9.17) is 0 Å². The Kier molecular flexibility index (Phi) is 4.27. The summed E-state index contributed by atoms with van der Waals surface area (Å²) in [6.07, 6.45) is 1.63. The molecule has 1 aromatic heterocycles. The Bertz CT molecular complexity index is 364. The van der Waals surface area contributed by atoms with Gasteiger partial charge in [0.25, 0.3) is 0 Å². The number of Topliss-reactive ketones (excluding diaryl/α,β-unsaturated/α-hetero) is 1. The molecule has 0 amide bonds. The normalized spacial score (nSPS) is 10.7. The average Bonchev–Trinajstić information content (AvgIpc) is 2.14. The van der Waals surface area contributed by atoms with Crippen molar-refractivity contribution in [2.45, 2.75) is 38.7 Å². The first-order valence-corrected chi connectivity index (χ1v) is 6.00. The van der Waals surface area contributed by atoms with Gasteiger partial charge in [-0.1, -0.05) is 13.8 Å². The van der Waals surface area contributed by atoms with Crippen molar-refractivity contribution >= 4 is 17.5 Å². The number of aromatic nitrogens is 2. The smallest absolute Gasteiger partial charge is 0.163 e. The van der Waals surface area contributed by atoms with Crippen LogP contribution in [0.2, 0.25) is 0 Å². The van der Waals surface area contributed by atoms with Gasteiger partial charge in [0.1, 0.15) is 5.82 Å². The van der Waals surface area contributed by atoms with Gasteiger partial charge in [0.2, 0.25) is 0 Å². The van der Waals surface area contributed by atoms with Gasteiger partial charge in [0.05, 0.1) is 17.0 Å². The van der Waals surface area contributed by atoms with Crippen LogP contribution in [-0.2, 0) is 5.75 Å². The Balaban J connectivity index is 2.78. The lowest BCUT2D eigenvalue weighted by atomic mass is 10.2. The maximum atomic E-state index is 11.2. The van der Waals surface area contributed by atoms with Crippen LogP contribution < -0.4 is 0 Å². The monoisotopic (exact) mass is 224 g/mol. The van der Waals surface area contributed by atoms with Crippen molar-refractivity contribution < 1.29 is 4.79 Å². The summed E-state index contributed by atoms with van der Waals surface area (Å²) in [5, 5.41) is 0.571. The van der Waals surface area contributed by atoms with E-state index in [2.05, 4.69) is 23.8 Å². The number of hydrogen-bond donors (Lipinski definition) is 0. The molecule has 0 N–H and O–H groups in total. The number of aryl methyl sites for hydroxylation is 1. The van der Waals surface area contributed by atoms with E-state index in [0.717, 1.165) is 17.3 Å². The van der Waals surface area contributed by atoms with E-state index < -0.39 is 0 Å². The number of carbonyl (C=O) groups is 1. The minimum absolute atomic E-state index is 0.0237. The highest BCUT2D eigenvalue weighted by atomic mass is 32.2. The Labute approximate surface area is 94.7 Å². The average molecular weight is 224 g/mol. The lowest BCUT2D eigenvalue weighted by Crippen LogP contribution is -2.04. The van der Waals surface area contributed by atoms with Crippen LogP contribution in [0.4, 0.5) is 0 Å². The number of rotatable bonds is 4. The Hall–Kier alpha value is -0.900. The van der Waals surface area contributed by atoms with E-state index in [1.54, 1.807) is 18.0 Å². The zero-order valence-electron chi connectivity index (χ0n) is 9.57. The topological polar surface area (TPSA) is 42.9 Å². The fourth-order valence-corrected chi connectivity index (χ4v) is 1.79. The van der Waals surface area contributed by atoms with Gasteiger partial charge in [0, 0.05) is 6.20 Å². The molecule has 82 valence electrons. The van der Waals surface area contributed by atoms with E-state index in [1.165, 1.54) is 6.92 Å². The fraction of sp³-hybridized carbons (Fsp3) is 0.545. The Morgan fingerprint density at radius 2 is 2.20 bits per heavy atom. The van der Waals surface area contributed by atoms with E-state index in [1.807, 2.05) is 6.92 Å². The van der Waals surface area contributed by atoms with Crippen LogP contribution in [0.3, 0.4) is 0 Å². The van der Waals surface area contributed by atoms with Gasteiger partial charge in [-0.3, -0.25) is 4.79 Å². The lowest BCUT2D eigenvalue weighted by Gasteiger charge is -2.05. The SMILES string of the molecule is CC(=O)c1cnc(CSC(C)C)nc1C. The van der Waals surface area contributed by atoms with Crippen LogP contribution in [0, 0.1) is 6.92 Å². The van der Waals surface area contributed by atoms with Gasteiger partial charge >= 0.3 is 0 Å². The molecule has 0 fully saturated rings. The summed E-state index contributed by atoms with van der Waals surface area (Å²) >= 11 is 1.80. The van der Waals surface area contributed by atoms with Crippen molar-refractivity contribution in [3.63, 3.8) is 0 Å². The largest absolute Gasteiger partial charge is 0.294 e. The van der Waals surface area contributed by atoms with Gasteiger partial charge in [-0.2, -0.15) is 11.8 Å². The quantitative estimate of drug-likeness (QED) is 0.737. The third kappa shape index (κ3) is 3.63. The van der Waals surface area contributed by atoms with Crippen molar-refractivity contribution in [3.8, 4) is 0 Å². The van der Waals surface area contributed by atoms with Crippen molar-refractivity contribution in [2.24, 2.45) is 0 Å². The summed E-state index contributed by atoms with van der Waals surface area (Å²) in [5.74, 6) is 1.63. The maximum Gasteiger partial charge on any atom is 0.163 e. The predicted octanol–water partition coefficient (Wildman–Crippen LogP) is 2.63. The van der Waals surface area contributed by atoms with Crippen molar-refractivity contribution in [3.05, 3.63) is 23.3 Å². The van der Waals surface area contributed by atoms with Crippen LogP contribution in [0.1, 0.15) is 42.6 Å². The second kappa shape index (κ2) is 5.26. The Morgan fingerprint density at radius 3 is 2.67 bits per heavy atom. The van der Waals surface area contributed by atoms with Crippen LogP contribution in [0.15, 0.2) is 6.20 Å². The van der Waals surface area contributed by atoms with Gasteiger partial charge in [0.15, 0.2) is 5.78 Å². The zero-order valence-corrected chi connectivity index (χ0v) is 10.4. The molecule has 4 heteroatoms. The molecule has 0 bridgehead atoms. The van der Waals surface area contributed by atoms with E-state index >= 15 is 0 Å². The molecule has 1 aromatic rings. The number of ketones is 1. The molecule has 0 radical (unpaired) electrons. The molecule has 0 aliphatic rings. The molecule has 15 heavy (non-hydrogen) atoms. The third-order valence-corrected chi connectivity index (χ3v) is 3.05. The maximum absolute atomic E-state index is 11.2. The van der Waals surface area contributed by atoms with Gasteiger partial charge in [-0.15, -0.1) is 0 Å². The van der Waals surface area contributed by atoms with Crippen molar-refractivity contribution in [2.75, 3.05) is 0 Å². The molecule has 1 rings (SSSR count). The van der Waals surface area contributed by atoms with Crippen LogP contribution in [0.25, 0.3) is 0 Å². The minimum Gasteiger partial charge on any atom is -0.294 e. The first kappa shape index (κ1) is 12.2. The molecule has 3 nitrogen and oxygen atoms in total. The third-order valence-electron chi connectivity index (χ3n) is 1.95. The molecule has 0 atom stereocenters. The fourth-order valence-electron chi connectivity index (χ4n) is 1.17. The zero-order chi connectivity index (χ0) is 11.4. The first-order chi connectivity index (χ1) is 7.00. The summed E-state index contributed by atoms with van der Waals surface area (Å²) in [6.45, 7) is 7.67. The van der Waals surface area contributed by atoms with Crippen LogP contribution >= 0.6 is 11.8 Å². The number of carbonyl (C=O) groups excluding carboxylic acids is 1. The standard InChI is InChI=1S/C11H16N2OS/c1-7(2)15-6-11-12-5-10(9(4)14)8(3)13-11/h5,7H,6H2,1-4H3. The summed E-state index contributed by atoms with van der Waals surface area (Å²) in [4.78, 5) is 19.7. The second-order valence-electron chi connectivity index (χ2n) is 3.70. The summed E-state index contributed by atoms with van der Waals surface area (Å²) in [5.41, 5.74) is 1.39. The van der Waals surface area contributed by atoms with Crippen molar-refractivity contribution in [1.82, 2.24) is 9.97 Å². The summed E-state index contributed by atoms with van der Waals surface area (Å²) in [6, 6.07) is 0. The highest BCUT2D eigenvalue weighted by Gasteiger charge is 2.07. The summed E-state index contributed by atoms with van der Waals surface area (Å²) < 4.78 is 0. The van der Waals surface area contributed by atoms with E-state index in [0.29, 0.717) is 10.8 Å².